The Kier molecular flexibility index (Phi) is 6.18. The summed E-state index contributed by atoms with van der Waals surface area (Å²) in [4.78, 5) is 9.21. The quantitative estimate of drug-likeness (QED) is 0.317. The van der Waals surface area contributed by atoms with E-state index in [1.807, 2.05) is 73.7 Å². The van der Waals surface area contributed by atoms with Crippen LogP contribution in [0.4, 0.5) is 5.95 Å². The van der Waals surface area contributed by atoms with Crippen molar-refractivity contribution in [1.82, 2.24) is 9.97 Å². The van der Waals surface area contributed by atoms with Crippen LogP contribution in [0.2, 0.25) is 0 Å². The van der Waals surface area contributed by atoms with E-state index < -0.39 is 0 Å². The number of hydrogen-bond acceptors (Lipinski definition) is 6. The Morgan fingerprint density at radius 1 is 0.871 bits per heavy atom. The molecular weight excluding hydrogens is 388 g/mol. The first-order valence-electron chi connectivity index (χ1n) is 9.98. The minimum atomic E-state index is 0.0837. The second kappa shape index (κ2) is 9.54. The number of phenolic OH excluding ortho intramolecular Hbond substituents is 1. The highest BCUT2D eigenvalue weighted by Gasteiger charge is 2.08. The van der Waals surface area contributed by atoms with Gasteiger partial charge in [-0.05, 0) is 25.1 Å². The molecule has 4 aromatic rings. The topological polar surface area (TPSA) is 79.6 Å². The SMILES string of the molecule is CCOc1ccc(/C=N\Nc2nc(-c3ccccc3)cc(-c3ccccc3)n2)c(O)c1. The molecule has 0 unspecified atom stereocenters. The molecule has 0 aliphatic carbocycles. The van der Waals surface area contributed by atoms with Crippen molar-refractivity contribution in [1.29, 1.82) is 0 Å². The van der Waals surface area contributed by atoms with Crippen LogP contribution in [0.5, 0.6) is 11.5 Å². The normalized spacial score (nSPS) is 10.9. The smallest absolute Gasteiger partial charge is 0.244 e. The molecule has 0 saturated heterocycles. The molecule has 4 rings (SSSR count). The monoisotopic (exact) mass is 410 g/mol. The van der Waals surface area contributed by atoms with E-state index in [2.05, 4.69) is 20.5 Å². The van der Waals surface area contributed by atoms with Gasteiger partial charge in [-0.1, -0.05) is 60.7 Å². The molecule has 2 N–H and O–H groups in total. The predicted molar refractivity (Wildman–Crippen MR) is 123 cm³/mol. The zero-order chi connectivity index (χ0) is 21.5. The first-order chi connectivity index (χ1) is 15.2. The van der Waals surface area contributed by atoms with Crippen molar-refractivity contribution in [2.24, 2.45) is 5.10 Å². The summed E-state index contributed by atoms with van der Waals surface area (Å²) >= 11 is 0. The molecule has 6 nitrogen and oxygen atoms in total. The van der Waals surface area contributed by atoms with Crippen LogP contribution in [0.25, 0.3) is 22.5 Å². The maximum Gasteiger partial charge on any atom is 0.244 e. The number of phenols is 1. The lowest BCUT2D eigenvalue weighted by Gasteiger charge is -2.08. The molecular formula is C25H22N4O2. The molecule has 6 heteroatoms. The van der Waals surface area contributed by atoms with Crippen molar-refractivity contribution in [3.8, 4) is 34.0 Å². The molecule has 1 heterocycles. The van der Waals surface area contributed by atoms with Gasteiger partial charge in [0.25, 0.3) is 0 Å². The third-order valence-electron chi connectivity index (χ3n) is 4.55. The average Bonchev–Trinajstić information content (AvgIpc) is 2.82. The summed E-state index contributed by atoms with van der Waals surface area (Å²) < 4.78 is 5.39. The zero-order valence-corrected chi connectivity index (χ0v) is 17.1. The molecule has 0 amide bonds. The number of hydrazone groups is 1. The molecule has 0 saturated carbocycles. The Bertz CT molecular complexity index is 1120. The summed E-state index contributed by atoms with van der Waals surface area (Å²) in [7, 11) is 0. The number of aromatic nitrogens is 2. The van der Waals surface area contributed by atoms with Gasteiger partial charge in [-0.3, -0.25) is 0 Å². The van der Waals surface area contributed by atoms with Crippen molar-refractivity contribution in [2.75, 3.05) is 12.0 Å². The number of hydrogen-bond donors (Lipinski definition) is 2. The fraction of sp³-hybridized carbons (Fsp3) is 0.0800. The van der Waals surface area contributed by atoms with Crippen LogP contribution in [0.15, 0.2) is 90.0 Å². The summed E-state index contributed by atoms with van der Waals surface area (Å²) in [5.74, 6) is 1.05. The van der Waals surface area contributed by atoms with Crippen LogP contribution >= 0.6 is 0 Å². The van der Waals surface area contributed by atoms with Crippen LogP contribution in [-0.4, -0.2) is 27.9 Å². The highest BCUT2D eigenvalue weighted by atomic mass is 16.5. The number of aromatic hydroxyl groups is 1. The lowest BCUT2D eigenvalue weighted by Crippen LogP contribution is -2.00. The van der Waals surface area contributed by atoms with Gasteiger partial charge in [0.15, 0.2) is 0 Å². The van der Waals surface area contributed by atoms with Crippen LogP contribution in [-0.2, 0) is 0 Å². The van der Waals surface area contributed by atoms with E-state index in [1.54, 1.807) is 18.2 Å². The molecule has 31 heavy (non-hydrogen) atoms. The second-order valence-corrected chi connectivity index (χ2v) is 6.72. The van der Waals surface area contributed by atoms with Gasteiger partial charge < -0.3 is 9.84 Å². The maximum atomic E-state index is 10.2. The van der Waals surface area contributed by atoms with E-state index in [9.17, 15) is 5.11 Å². The van der Waals surface area contributed by atoms with Crippen LogP contribution in [0.3, 0.4) is 0 Å². The number of benzene rings is 3. The first kappa shape index (κ1) is 20.1. The zero-order valence-electron chi connectivity index (χ0n) is 17.1. The first-order valence-corrected chi connectivity index (χ1v) is 9.98. The minimum absolute atomic E-state index is 0.0837. The molecule has 0 spiro atoms. The molecule has 0 aliphatic heterocycles. The standard InChI is InChI=1S/C25H22N4O2/c1-2-31-21-14-13-20(24(30)15-21)17-26-29-25-27-22(18-9-5-3-6-10-18)16-23(28-25)19-11-7-4-8-12-19/h3-17,30H,2H2,1H3,(H,27,28,29)/b26-17-. The van der Waals surface area contributed by atoms with E-state index in [4.69, 9.17) is 4.74 Å². The summed E-state index contributed by atoms with van der Waals surface area (Å²) in [6, 6.07) is 26.9. The van der Waals surface area contributed by atoms with Crippen LogP contribution < -0.4 is 10.2 Å². The lowest BCUT2D eigenvalue weighted by atomic mass is 10.1. The van der Waals surface area contributed by atoms with Crippen molar-refractivity contribution in [3.63, 3.8) is 0 Å². The van der Waals surface area contributed by atoms with Crippen LogP contribution in [0, 0.1) is 0 Å². The Morgan fingerprint density at radius 3 is 2.03 bits per heavy atom. The fourth-order valence-electron chi connectivity index (χ4n) is 3.06. The van der Waals surface area contributed by atoms with Crippen molar-refractivity contribution < 1.29 is 9.84 Å². The molecule has 0 fully saturated rings. The second-order valence-electron chi connectivity index (χ2n) is 6.72. The highest BCUT2D eigenvalue weighted by molar-refractivity contribution is 5.84. The Balaban J connectivity index is 1.62. The molecule has 154 valence electrons. The number of ether oxygens (including phenoxy) is 1. The Hall–Kier alpha value is -4.19. The number of rotatable bonds is 7. The Labute approximate surface area is 180 Å². The van der Waals surface area contributed by atoms with Crippen LogP contribution in [0.1, 0.15) is 12.5 Å². The number of anilines is 1. The third-order valence-corrected chi connectivity index (χ3v) is 4.55. The number of nitrogens with one attached hydrogen (secondary N) is 1. The van der Waals surface area contributed by atoms with Gasteiger partial charge in [0.1, 0.15) is 11.5 Å². The highest BCUT2D eigenvalue weighted by Crippen LogP contribution is 2.25. The summed E-state index contributed by atoms with van der Waals surface area (Å²) in [6.07, 6.45) is 1.52. The third kappa shape index (κ3) is 5.05. The van der Waals surface area contributed by atoms with Crippen molar-refractivity contribution in [3.05, 3.63) is 90.5 Å². The lowest BCUT2D eigenvalue weighted by molar-refractivity contribution is 0.337. The molecule has 1 aromatic heterocycles. The summed E-state index contributed by atoms with van der Waals surface area (Å²) in [6.45, 7) is 2.43. The Morgan fingerprint density at radius 2 is 1.48 bits per heavy atom. The van der Waals surface area contributed by atoms with Gasteiger partial charge in [0.2, 0.25) is 5.95 Å². The molecule has 0 bridgehead atoms. The average molecular weight is 410 g/mol. The van der Waals surface area contributed by atoms with Gasteiger partial charge in [-0.25, -0.2) is 15.4 Å². The van der Waals surface area contributed by atoms with Gasteiger partial charge in [-0.2, -0.15) is 5.10 Å². The van der Waals surface area contributed by atoms with Gasteiger partial charge >= 0.3 is 0 Å². The molecule has 0 radical (unpaired) electrons. The minimum Gasteiger partial charge on any atom is -0.507 e. The molecule has 3 aromatic carbocycles. The molecule has 0 aliphatic rings. The largest absolute Gasteiger partial charge is 0.507 e. The van der Waals surface area contributed by atoms with Crippen molar-refractivity contribution >= 4 is 12.2 Å². The maximum absolute atomic E-state index is 10.2. The van der Waals surface area contributed by atoms with E-state index in [0.717, 1.165) is 22.5 Å². The van der Waals surface area contributed by atoms with E-state index in [0.29, 0.717) is 23.9 Å². The van der Waals surface area contributed by atoms with E-state index in [1.165, 1.54) is 6.21 Å². The molecule has 0 atom stereocenters. The van der Waals surface area contributed by atoms with E-state index in [-0.39, 0.29) is 5.75 Å². The number of nitrogens with zero attached hydrogens (tertiary/aromatic N) is 3. The van der Waals surface area contributed by atoms with E-state index >= 15 is 0 Å². The summed E-state index contributed by atoms with van der Waals surface area (Å²) in [5.41, 5.74) is 6.98. The van der Waals surface area contributed by atoms with Crippen molar-refractivity contribution in [2.45, 2.75) is 6.92 Å². The fourth-order valence-corrected chi connectivity index (χ4v) is 3.06. The predicted octanol–water partition coefficient (Wildman–Crippen LogP) is 5.36. The summed E-state index contributed by atoms with van der Waals surface area (Å²) in [5, 5.41) is 14.4. The van der Waals surface area contributed by atoms with Gasteiger partial charge in [-0.15, -0.1) is 0 Å². The van der Waals surface area contributed by atoms with Gasteiger partial charge in [0, 0.05) is 22.8 Å². The van der Waals surface area contributed by atoms with Gasteiger partial charge in [0.05, 0.1) is 24.2 Å².